The highest BCUT2D eigenvalue weighted by molar-refractivity contribution is 9.11. The third kappa shape index (κ3) is 3.32. The number of hydrogen-bond donors (Lipinski definition) is 1. The molecule has 1 amide bonds. The molecule has 0 bridgehead atoms. The van der Waals surface area contributed by atoms with E-state index >= 15 is 0 Å². The molecule has 0 atom stereocenters. The van der Waals surface area contributed by atoms with Gasteiger partial charge < -0.3 is 10.0 Å². The minimum Gasteiger partial charge on any atom is -0.481 e. The lowest BCUT2D eigenvalue weighted by atomic mass is 9.93. The van der Waals surface area contributed by atoms with Crippen LogP contribution in [-0.2, 0) is 4.79 Å². The average molecular weight is 332 g/mol. The average Bonchev–Trinajstić information content (AvgIpc) is 2.75. The van der Waals surface area contributed by atoms with Crippen molar-refractivity contribution >= 4 is 39.1 Å². The number of likely N-dealkylation sites (tertiary alicyclic amines) is 1. The Kier molecular flexibility index (Phi) is 4.40. The van der Waals surface area contributed by atoms with Crippen molar-refractivity contribution in [3.8, 4) is 0 Å². The van der Waals surface area contributed by atoms with Crippen molar-refractivity contribution in [2.24, 2.45) is 5.92 Å². The van der Waals surface area contributed by atoms with Gasteiger partial charge in [0.05, 0.1) is 8.66 Å². The van der Waals surface area contributed by atoms with Gasteiger partial charge in [0.2, 0.25) is 0 Å². The van der Waals surface area contributed by atoms with E-state index < -0.39 is 5.97 Å². The summed E-state index contributed by atoms with van der Waals surface area (Å²) in [5.74, 6) is -0.483. The van der Waals surface area contributed by atoms with Crippen molar-refractivity contribution in [3.63, 3.8) is 0 Å². The van der Waals surface area contributed by atoms with Crippen LogP contribution in [-0.4, -0.2) is 35.0 Å². The summed E-state index contributed by atoms with van der Waals surface area (Å²) in [5, 5.41) is 8.74. The topological polar surface area (TPSA) is 57.6 Å². The third-order valence-corrected chi connectivity index (χ3v) is 4.76. The van der Waals surface area contributed by atoms with E-state index in [1.54, 1.807) is 0 Å². The molecule has 98 valence electrons. The molecule has 1 N–H and O–H groups in total. The van der Waals surface area contributed by atoms with Gasteiger partial charge in [-0.15, -0.1) is 11.3 Å². The summed E-state index contributed by atoms with van der Waals surface area (Å²) < 4.78 is 0.951. The smallest absolute Gasteiger partial charge is 0.303 e. The predicted octanol–water partition coefficient (Wildman–Crippen LogP) is 2.84. The minimum atomic E-state index is -0.748. The molecule has 18 heavy (non-hydrogen) atoms. The van der Waals surface area contributed by atoms with Gasteiger partial charge in [-0.1, -0.05) is 0 Å². The number of piperidine rings is 1. The van der Waals surface area contributed by atoms with Crippen LogP contribution in [0.25, 0.3) is 0 Å². The molecule has 0 radical (unpaired) electrons. The lowest BCUT2D eigenvalue weighted by Gasteiger charge is -2.31. The first-order valence-electron chi connectivity index (χ1n) is 5.82. The molecule has 2 heterocycles. The maximum Gasteiger partial charge on any atom is 0.303 e. The number of thiophene rings is 1. The van der Waals surface area contributed by atoms with E-state index in [9.17, 15) is 9.59 Å². The number of rotatable bonds is 3. The van der Waals surface area contributed by atoms with Gasteiger partial charge in [0, 0.05) is 19.5 Å². The van der Waals surface area contributed by atoms with Crippen LogP contribution < -0.4 is 0 Å². The van der Waals surface area contributed by atoms with Gasteiger partial charge in [-0.2, -0.15) is 0 Å². The second-order valence-electron chi connectivity index (χ2n) is 4.44. The van der Waals surface area contributed by atoms with E-state index in [1.807, 2.05) is 17.0 Å². The molecule has 1 aromatic rings. The molecule has 2 rings (SSSR count). The quantitative estimate of drug-likeness (QED) is 0.926. The molecule has 0 unspecified atom stereocenters. The molecule has 0 aromatic carbocycles. The first kappa shape index (κ1) is 13.5. The Hall–Kier alpha value is -0.880. The SMILES string of the molecule is O=C(O)CC1CCN(C(=O)c2ccc(Br)s2)CC1. The number of amides is 1. The van der Waals surface area contributed by atoms with Gasteiger partial charge in [0.15, 0.2) is 0 Å². The van der Waals surface area contributed by atoms with Crippen LogP contribution >= 0.6 is 27.3 Å². The van der Waals surface area contributed by atoms with E-state index in [0.29, 0.717) is 13.1 Å². The number of hydrogen-bond acceptors (Lipinski definition) is 3. The maximum absolute atomic E-state index is 12.1. The van der Waals surface area contributed by atoms with E-state index in [-0.39, 0.29) is 18.2 Å². The van der Waals surface area contributed by atoms with Gasteiger partial charge in [-0.25, -0.2) is 0 Å². The first-order valence-corrected chi connectivity index (χ1v) is 7.43. The molecule has 1 aliphatic heterocycles. The fourth-order valence-corrected chi connectivity index (χ4v) is 3.53. The Morgan fingerprint density at radius 2 is 2.06 bits per heavy atom. The molecular formula is C12H14BrNO3S. The molecule has 1 fully saturated rings. The monoisotopic (exact) mass is 331 g/mol. The van der Waals surface area contributed by atoms with Crippen LogP contribution in [0.5, 0.6) is 0 Å². The number of carboxylic acid groups (broad SMARTS) is 1. The number of aliphatic carboxylic acids is 1. The van der Waals surface area contributed by atoms with Crippen LogP contribution in [0.4, 0.5) is 0 Å². The summed E-state index contributed by atoms with van der Waals surface area (Å²) in [6.07, 6.45) is 1.78. The highest BCUT2D eigenvalue weighted by atomic mass is 79.9. The summed E-state index contributed by atoms with van der Waals surface area (Å²) in [6, 6.07) is 3.69. The zero-order valence-electron chi connectivity index (χ0n) is 9.76. The highest BCUT2D eigenvalue weighted by Crippen LogP contribution is 2.26. The standard InChI is InChI=1S/C12H14BrNO3S/c13-10-2-1-9(18-10)12(17)14-5-3-8(4-6-14)7-11(15)16/h1-2,8H,3-7H2,(H,15,16). The van der Waals surface area contributed by atoms with Crippen LogP contribution in [0.3, 0.4) is 0 Å². The summed E-state index contributed by atoms with van der Waals surface area (Å²) in [7, 11) is 0. The largest absolute Gasteiger partial charge is 0.481 e. The molecule has 4 nitrogen and oxygen atoms in total. The molecule has 6 heteroatoms. The number of carboxylic acids is 1. The van der Waals surface area contributed by atoms with Crippen molar-refractivity contribution in [2.45, 2.75) is 19.3 Å². The van der Waals surface area contributed by atoms with Gasteiger partial charge in [-0.05, 0) is 46.8 Å². The Bertz CT molecular complexity index is 452. The lowest BCUT2D eigenvalue weighted by molar-refractivity contribution is -0.138. The van der Waals surface area contributed by atoms with E-state index in [1.165, 1.54) is 11.3 Å². The van der Waals surface area contributed by atoms with Crippen molar-refractivity contribution < 1.29 is 14.7 Å². The highest BCUT2D eigenvalue weighted by Gasteiger charge is 2.25. The molecule has 1 aliphatic rings. The molecule has 1 saturated heterocycles. The van der Waals surface area contributed by atoms with Crippen molar-refractivity contribution in [1.29, 1.82) is 0 Å². The summed E-state index contributed by atoms with van der Waals surface area (Å²) in [4.78, 5) is 25.3. The molecular weight excluding hydrogens is 318 g/mol. The van der Waals surface area contributed by atoms with Crippen LogP contribution in [0.2, 0.25) is 0 Å². The van der Waals surface area contributed by atoms with Crippen molar-refractivity contribution in [1.82, 2.24) is 4.90 Å². The zero-order valence-corrected chi connectivity index (χ0v) is 12.2. The fraction of sp³-hybridized carbons (Fsp3) is 0.500. The Morgan fingerprint density at radius 1 is 1.39 bits per heavy atom. The summed E-state index contributed by atoms with van der Waals surface area (Å²) in [5.41, 5.74) is 0. The van der Waals surface area contributed by atoms with Crippen LogP contribution in [0.15, 0.2) is 15.9 Å². The second-order valence-corrected chi connectivity index (χ2v) is 6.90. The predicted molar refractivity (Wildman–Crippen MR) is 72.9 cm³/mol. The number of carbonyl (C=O) groups excluding carboxylic acids is 1. The van der Waals surface area contributed by atoms with E-state index in [2.05, 4.69) is 15.9 Å². The van der Waals surface area contributed by atoms with Crippen LogP contribution in [0, 0.1) is 5.92 Å². The second kappa shape index (κ2) is 5.84. The third-order valence-electron chi connectivity index (χ3n) is 3.15. The normalized spacial score (nSPS) is 16.8. The van der Waals surface area contributed by atoms with Crippen molar-refractivity contribution in [3.05, 3.63) is 20.8 Å². The van der Waals surface area contributed by atoms with Gasteiger partial charge in [-0.3, -0.25) is 9.59 Å². The fourth-order valence-electron chi connectivity index (χ4n) is 2.17. The minimum absolute atomic E-state index is 0.0551. The zero-order chi connectivity index (χ0) is 13.1. The molecule has 0 aliphatic carbocycles. The van der Waals surface area contributed by atoms with Crippen molar-refractivity contribution in [2.75, 3.05) is 13.1 Å². The van der Waals surface area contributed by atoms with Gasteiger partial charge in [0.1, 0.15) is 0 Å². The number of halogens is 1. The van der Waals surface area contributed by atoms with Crippen LogP contribution in [0.1, 0.15) is 28.9 Å². The summed E-state index contributed by atoms with van der Waals surface area (Å²) >= 11 is 4.78. The van der Waals surface area contributed by atoms with E-state index in [4.69, 9.17) is 5.11 Å². The molecule has 1 aromatic heterocycles. The van der Waals surface area contributed by atoms with Gasteiger partial charge >= 0.3 is 5.97 Å². The van der Waals surface area contributed by atoms with Gasteiger partial charge in [0.25, 0.3) is 5.91 Å². The first-order chi connectivity index (χ1) is 8.56. The number of carbonyl (C=O) groups is 2. The Labute approximate surface area is 118 Å². The number of nitrogens with zero attached hydrogens (tertiary/aromatic N) is 1. The maximum atomic E-state index is 12.1. The molecule has 0 spiro atoms. The summed E-state index contributed by atoms with van der Waals surface area (Å²) in [6.45, 7) is 1.32. The molecule has 0 saturated carbocycles. The Morgan fingerprint density at radius 3 is 2.56 bits per heavy atom. The lowest BCUT2D eigenvalue weighted by Crippen LogP contribution is -2.38. The Balaban J connectivity index is 1.90. The van der Waals surface area contributed by atoms with E-state index in [0.717, 1.165) is 21.5 Å².